The van der Waals surface area contributed by atoms with E-state index >= 15 is 0 Å². The van der Waals surface area contributed by atoms with Crippen LogP contribution in [0.15, 0.2) is 36.7 Å². The summed E-state index contributed by atoms with van der Waals surface area (Å²) in [7, 11) is 1.53. The highest BCUT2D eigenvalue weighted by Gasteiger charge is 2.13. The van der Waals surface area contributed by atoms with Crippen LogP contribution < -0.4 is 10.5 Å². The van der Waals surface area contributed by atoms with Gasteiger partial charge in [0.15, 0.2) is 11.6 Å². The third-order valence-electron chi connectivity index (χ3n) is 2.87. The molecule has 100 valence electrons. The summed E-state index contributed by atoms with van der Waals surface area (Å²) >= 11 is 0. The first-order chi connectivity index (χ1) is 9.11. The van der Waals surface area contributed by atoms with Crippen molar-refractivity contribution in [2.24, 2.45) is 5.73 Å². The Balaban J connectivity index is 2.20. The Morgan fingerprint density at radius 3 is 2.84 bits per heavy atom. The van der Waals surface area contributed by atoms with Crippen molar-refractivity contribution in [1.82, 2.24) is 4.98 Å². The van der Waals surface area contributed by atoms with E-state index in [-0.39, 0.29) is 12.0 Å². The topological polar surface area (TPSA) is 48.1 Å². The van der Waals surface area contributed by atoms with E-state index < -0.39 is 17.7 Å². The zero-order valence-electron chi connectivity index (χ0n) is 10.4. The van der Waals surface area contributed by atoms with Gasteiger partial charge in [-0.05, 0) is 29.7 Å². The van der Waals surface area contributed by atoms with Crippen LogP contribution in [0.3, 0.4) is 0 Å². The van der Waals surface area contributed by atoms with Crippen molar-refractivity contribution in [3.8, 4) is 5.75 Å². The average Bonchev–Trinajstić information content (AvgIpc) is 2.44. The molecule has 2 rings (SSSR count). The number of hydrogen-bond acceptors (Lipinski definition) is 3. The Hall–Kier alpha value is -2.01. The van der Waals surface area contributed by atoms with E-state index in [9.17, 15) is 8.78 Å². The van der Waals surface area contributed by atoms with Crippen molar-refractivity contribution in [2.75, 3.05) is 7.11 Å². The summed E-state index contributed by atoms with van der Waals surface area (Å²) in [5, 5.41) is 0. The Morgan fingerprint density at radius 2 is 2.11 bits per heavy atom. The molecule has 1 unspecified atom stereocenters. The smallest absolute Gasteiger partial charge is 0.162 e. The average molecular weight is 264 g/mol. The quantitative estimate of drug-likeness (QED) is 0.923. The molecule has 0 saturated heterocycles. The number of aromatic nitrogens is 1. The Bertz CT molecular complexity index is 575. The van der Waals surface area contributed by atoms with Crippen LogP contribution in [0, 0.1) is 11.6 Å². The van der Waals surface area contributed by atoms with Crippen LogP contribution in [-0.4, -0.2) is 12.1 Å². The van der Waals surface area contributed by atoms with Crippen molar-refractivity contribution in [1.29, 1.82) is 0 Å². The van der Waals surface area contributed by atoms with E-state index in [1.807, 2.05) is 0 Å². The summed E-state index contributed by atoms with van der Waals surface area (Å²) in [6.45, 7) is 0. The lowest BCUT2D eigenvalue weighted by atomic mass is 10.0. The molecule has 0 fully saturated rings. The van der Waals surface area contributed by atoms with Gasteiger partial charge < -0.3 is 10.5 Å². The Labute approximate surface area is 110 Å². The van der Waals surface area contributed by atoms with Gasteiger partial charge in [0.1, 0.15) is 5.75 Å². The first kappa shape index (κ1) is 13.4. The van der Waals surface area contributed by atoms with Gasteiger partial charge in [-0.3, -0.25) is 4.98 Å². The van der Waals surface area contributed by atoms with Gasteiger partial charge in [-0.25, -0.2) is 8.78 Å². The molecule has 0 amide bonds. The fourth-order valence-corrected chi connectivity index (χ4v) is 1.81. The molecule has 0 spiro atoms. The van der Waals surface area contributed by atoms with E-state index in [0.29, 0.717) is 11.3 Å². The van der Waals surface area contributed by atoms with Gasteiger partial charge in [-0.2, -0.15) is 0 Å². The van der Waals surface area contributed by atoms with E-state index in [1.54, 1.807) is 18.5 Å². The number of pyridine rings is 1. The predicted molar refractivity (Wildman–Crippen MR) is 67.8 cm³/mol. The molecule has 2 N–H and O–H groups in total. The van der Waals surface area contributed by atoms with Crippen molar-refractivity contribution >= 4 is 0 Å². The Kier molecular flexibility index (Phi) is 4.06. The zero-order valence-corrected chi connectivity index (χ0v) is 10.4. The zero-order chi connectivity index (χ0) is 13.8. The summed E-state index contributed by atoms with van der Waals surface area (Å²) < 4.78 is 31.7. The van der Waals surface area contributed by atoms with Crippen LogP contribution in [-0.2, 0) is 6.42 Å². The SMILES string of the molecule is COc1cncc(C(N)Cc2cccc(F)c2F)c1. The monoisotopic (exact) mass is 264 g/mol. The molecule has 0 saturated carbocycles. The standard InChI is InChI=1S/C14H14F2N2O/c1-19-11-5-10(7-18-8-11)13(17)6-9-3-2-4-12(15)14(9)16/h2-5,7-8,13H,6,17H2,1H3. The highest BCUT2D eigenvalue weighted by molar-refractivity contribution is 5.28. The molecule has 0 aliphatic rings. The minimum absolute atomic E-state index is 0.193. The number of hydrogen-bond donors (Lipinski definition) is 1. The predicted octanol–water partition coefficient (Wildman–Crippen LogP) is 2.61. The van der Waals surface area contributed by atoms with Crippen molar-refractivity contribution in [2.45, 2.75) is 12.5 Å². The van der Waals surface area contributed by atoms with Gasteiger partial charge in [-0.15, -0.1) is 0 Å². The minimum Gasteiger partial charge on any atom is -0.495 e. The summed E-state index contributed by atoms with van der Waals surface area (Å²) in [4.78, 5) is 3.99. The Morgan fingerprint density at radius 1 is 1.32 bits per heavy atom. The van der Waals surface area contributed by atoms with E-state index in [2.05, 4.69) is 4.98 Å². The van der Waals surface area contributed by atoms with Gasteiger partial charge in [0.25, 0.3) is 0 Å². The number of methoxy groups -OCH3 is 1. The molecule has 19 heavy (non-hydrogen) atoms. The van der Waals surface area contributed by atoms with Gasteiger partial charge in [0.05, 0.1) is 13.3 Å². The third kappa shape index (κ3) is 3.06. The first-order valence-corrected chi connectivity index (χ1v) is 5.79. The molecule has 1 heterocycles. The molecule has 1 aromatic carbocycles. The maximum absolute atomic E-state index is 13.6. The molecule has 5 heteroatoms. The highest BCUT2D eigenvalue weighted by atomic mass is 19.2. The summed E-state index contributed by atoms with van der Waals surface area (Å²) in [6.07, 6.45) is 3.34. The van der Waals surface area contributed by atoms with Crippen molar-refractivity contribution in [3.63, 3.8) is 0 Å². The van der Waals surface area contributed by atoms with E-state index in [1.165, 1.54) is 19.2 Å². The molecule has 1 aromatic heterocycles. The van der Waals surface area contributed by atoms with Crippen LogP contribution >= 0.6 is 0 Å². The molecule has 3 nitrogen and oxygen atoms in total. The largest absolute Gasteiger partial charge is 0.495 e. The molecule has 1 atom stereocenters. The van der Waals surface area contributed by atoms with Crippen LogP contribution in [0.4, 0.5) is 8.78 Å². The normalized spacial score (nSPS) is 12.2. The van der Waals surface area contributed by atoms with Crippen LogP contribution in [0.1, 0.15) is 17.2 Å². The molecule has 0 aliphatic heterocycles. The number of halogens is 2. The van der Waals surface area contributed by atoms with Gasteiger partial charge in [-0.1, -0.05) is 12.1 Å². The lowest BCUT2D eigenvalue weighted by Gasteiger charge is -2.13. The van der Waals surface area contributed by atoms with Gasteiger partial charge >= 0.3 is 0 Å². The second kappa shape index (κ2) is 5.75. The van der Waals surface area contributed by atoms with Crippen LogP contribution in [0.5, 0.6) is 5.75 Å². The molecular formula is C14H14F2N2O. The number of nitrogens with two attached hydrogens (primary N) is 1. The maximum Gasteiger partial charge on any atom is 0.162 e. The third-order valence-corrected chi connectivity index (χ3v) is 2.87. The van der Waals surface area contributed by atoms with Crippen molar-refractivity contribution < 1.29 is 13.5 Å². The molecule has 0 bridgehead atoms. The molecule has 0 aliphatic carbocycles. The molecule has 2 aromatic rings. The van der Waals surface area contributed by atoms with Crippen LogP contribution in [0.2, 0.25) is 0 Å². The van der Waals surface area contributed by atoms with E-state index in [4.69, 9.17) is 10.5 Å². The lowest BCUT2D eigenvalue weighted by molar-refractivity contribution is 0.411. The number of benzene rings is 1. The summed E-state index contributed by atoms with van der Waals surface area (Å²) in [5.41, 5.74) is 6.94. The van der Waals surface area contributed by atoms with Gasteiger partial charge in [0.2, 0.25) is 0 Å². The summed E-state index contributed by atoms with van der Waals surface area (Å²) in [6, 6.07) is 5.32. The fraction of sp³-hybridized carbons (Fsp3) is 0.214. The van der Waals surface area contributed by atoms with Gasteiger partial charge in [0, 0.05) is 12.2 Å². The first-order valence-electron chi connectivity index (χ1n) is 5.79. The van der Waals surface area contributed by atoms with Crippen LogP contribution in [0.25, 0.3) is 0 Å². The minimum atomic E-state index is -0.867. The summed E-state index contributed by atoms with van der Waals surface area (Å²) in [5.74, 6) is -1.14. The fourth-order valence-electron chi connectivity index (χ4n) is 1.81. The number of nitrogens with zero attached hydrogens (tertiary/aromatic N) is 1. The second-order valence-electron chi connectivity index (χ2n) is 4.18. The molecular weight excluding hydrogens is 250 g/mol. The lowest BCUT2D eigenvalue weighted by Crippen LogP contribution is -2.15. The van der Waals surface area contributed by atoms with Crippen molar-refractivity contribution in [3.05, 3.63) is 59.4 Å². The molecule has 0 radical (unpaired) electrons. The number of rotatable bonds is 4. The number of ether oxygens (including phenoxy) is 1. The second-order valence-corrected chi connectivity index (χ2v) is 4.18. The maximum atomic E-state index is 13.6. The van der Waals surface area contributed by atoms with E-state index in [0.717, 1.165) is 6.07 Å². The highest BCUT2D eigenvalue weighted by Crippen LogP contribution is 2.21.